The zero-order valence-corrected chi connectivity index (χ0v) is 19.7. The van der Waals surface area contributed by atoms with Crippen LogP contribution in [0.25, 0.3) is 0 Å². The number of piperazine rings is 1. The Labute approximate surface area is 197 Å². The second kappa shape index (κ2) is 11.7. The van der Waals surface area contributed by atoms with Gasteiger partial charge in [0.2, 0.25) is 0 Å². The Kier molecular flexibility index (Phi) is 8.23. The molecule has 0 bridgehead atoms. The van der Waals surface area contributed by atoms with Crippen LogP contribution in [0.5, 0.6) is 11.5 Å². The summed E-state index contributed by atoms with van der Waals surface area (Å²) >= 11 is 0. The predicted octanol–water partition coefficient (Wildman–Crippen LogP) is 4.40. The number of para-hydroxylation sites is 3. The lowest BCUT2D eigenvalue weighted by Crippen LogP contribution is -2.49. The van der Waals surface area contributed by atoms with Crippen LogP contribution >= 0.6 is 0 Å². The predicted molar refractivity (Wildman–Crippen MR) is 136 cm³/mol. The minimum atomic E-state index is 0.261. The van der Waals surface area contributed by atoms with Crippen LogP contribution in [0, 0.1) is 0 Å². The molecule has 5 heteroatoms. The van der Waals surface area contributed by atoms with Crippen molar-refractivity contribution in [1.29, 1.82) is 0 Å². The van der Waals surface area contributed by atoms with E-state index in [1.54, 1.807) is 14.2 Å². The smallest absolute Gasteiger partial charge is 0.123 e. The van der Waals surface area contributed by atoms with Crippen LogP contribution in [0.2, 0.25) is 0 Å². The fourth-order valence-electron chi connectivity index (χ4n) is 4.68. The van der Waals surface area contributed by atoms with Crippen molar-refractivity contribution in [3.8, 4) is 11.5 Å². The fraction of sp³-hybridized carbons (Fsp3) is 0.357. The quantitative estimate of drug-likeness (QED) is 0.468. The third-order valence-corrected chi connectivity index (χ3v) is 6.48. The highest BCUT2D eigenvalue weighted by molar-refractivity contribution is 5.46. The maximum atomic E-state index is 5.73. The Balaban J connectivity index is 1.42. The molecular formula is C28H35N3O2. The van der Waals surface area contributed by atoms with Crippen LogP contribution in [-0.4, -0.2) is 58.4 Å². The van der Waals surface area contributed by atoms with Crippen molar-refractivity contribution in [3.05, 3.63) is 90.0 Å². The molecule has 4 rings (SSSR count). The van der Waals surface area contributed by atoms with E-state index in [0.29, 0.717) is 0 Å². The molecule has 0 saturated carbocycles. The van der Waals surface area contributed by atoms with Crippen molar-refractivity contribution in [2.75, 3.05) is 58.4 Å². The third kappa shape index (κ3) is 5.86. The summed E-state index contributed by atoms with van der Waals surface area (Å²) < 4.78 is 11.2. The largest absolute Gasteiger partial charge is 0.496 e. The summed E-state index contributed by atoms with van der Waals surface area (Å²) in [5, 5.41) is 3.71. The van der Waals surface area contributed by atoms with E-state index in [4.69, 9.17) is 9.47 Å². The number of nitrogens with zero attached hydrogens (tertiary/aromatic N) is 2. The first-order valence-corrected chi connectivity index (χ1v) is 11.8. The molecule has 1 fully saturated rings. The van der Waals surface area contributed by atoms with E-state index >= 15 is 0 Å². The topological polar surface area (TPSA) is 37.0 Å². The minimum absolute atomic E-state index is 0.261. The van der Waals surface area contributed by atoms with E-state index in [2.05, 4.69) is 75.8 Å². The second-order valence-corrected chi connectivity index (χ2v) is 8.38. The van der Waals surface area contributed by atoms with Gasteiger partial charge in [0, 0.05) is 44.0 Å². The molecule has 5 nitrogen and oxygen atoms in total. The van der Waals surface area contributed by atoms with Gasteiger partial charge < -0.3 is 19.7 Å². The molecule has 33 heavy (non-hydrogen) atoms. The highest BCUT2D eigenvalue weighted by Crippen LogP contribution is 2.30. The summed E-state index contributed by atoms with van der Waals surface area (Å²) in [6.45, 7) is 5.86. The number of anilines is 1. The van der Waals surface area contributed by atoms with Gasteiger partial charge in [-0.05, 0) is 42.8 Å². The number of ether oxygens (including phenoxy) is 2. The van der Waals surface area contributed by atoms with Crippen LogP contribution in [0.4, 0.5) is 5.69 Å². The lowest BCUT2D eigenvalue weighted by Gasteiger charge is -2.41. The molecule has 1 aliphatic heterocycles. The zero-order valence-electron chi connectivity index (χ0n) is 19.7. The highest BCUT2D eigenvalue weighted by atomic mass is 16.5. The molecule has 0 aromatic heterocycles. The van der Waals surface area contributed by atoms with Gasteiger partial charge in [0.25, 0.3) is 0 Å². The molecule has 1 atom stereocenters. The summed E-state index contributed by atoms with van der Waals surface area (Å²) in [5.74, 6) is 1.91. The van der Waals surface area contributed by atoms with E-state index in [9.17, 15) is 0 Å². The molecule has 0 spiro atoms. The van der Waals surface area contributed by atoms with E-state index < -0.39 is 0 Å². The lowest BCUT2D eigenvalue weighted by atomic mass is 10.0. The Morgan fingerprint density at radius 1 is 0.758 bits per heavy atom. The van der Waals surface area contributed by atoms with Crippen molar-refractivity contribution >= 4 is 5.69 Å². The molecule has 1 N–H and O–H groups in total. The van der Waals surface area contributed by atoms with Crippen LogP contribution in [0.1, 0.15) is 17.2 Å². The monoisotopic (exact) mass is 445 g/mol. The van der Waals surface area contributed by atoms with E-state index in [-0.39, 0.29) is 6.04 Å². The fourth-order valence-corrected chi connectivity index (χ4v) is 4.68. The molecule has 1 aliphatic rings. The minimum Gasteiger partial charge on any atom is -0.496 e. The first-order chi connectivity index (χ1) is 16.3. The second-order valence-electron chi connectivity index (χ2n) is 8.38. The summed E-state index contributed by atoms with van der Waals surface area (Å²) in [4.78, 5) is 5.07. The normalized spacial score (nSPS) is 15.3. The van der Waals surface area contributed by atoms with Crippen LogP contribution in [-0.2, 0) is 6.42 Å². The van der Waals surface area contributed by atoms with Crippen molar-refractivity contribution in [2.45, 2.75) is 12.5 Å². The SMILES string of the molecule is COc1ccccc1CCNCC(c1ccccc1OC)N1CCN(c2ccccc2)CC1. The number of methoxy groups -OCH3 is 2. The maximum absolute atomic E-state index is 5.73. The number of hydrogen-bond acceptors (Lipinski definition) is 5. The summed E-state index contributed by atoms with van der Waals surface area (Å²) in [6.07, 6.45) is 0.935. The van der Waals surface area contributed by atoms with Gasteiger partial charge in [-0.3, -0.25) is 4.90 Å². The first kappa shape index (κ1) is 23.1. The van der Waals surface area contributed by atoms with Crippen LogP contribution in [0.15, 0.2) is 78.9 Å². The number of hydrogen-bond donors (Lipinski definition) is 1. The number of nitrogens with one attached hydrogen (secondary N) is 1. The molecule has 3 aromatic rings. The molecular weight excluding hydrogens is 410 g/mol. The molecule has 0 amide bonds. The first-order valence-electron chi connectivity index (χ1n) is 11.8. The highest BCUT2D eigenvalue weighted by Gasteiger charge is 2.27. The summed E-state index contributed by atoms with van der Waals surface area (Å²) in [5.41, 5.74) is 3.79. The molecule has 0 radical (unpaired) electrons. The number of rotatable bonds is 10. The standard InChI is InChI=1S/C28H35N3O2/c1-32-27-14-8-6-10-23(27)16-17-29-22-26(25-13-7-9-15-28(25)33-2)31-20-18-30(19-21-31)24-11-4-3-5-12-24/h3-15,26,29H,16-22H2,1-2H3. The van der Waals surface area contributed by atoms with E-state index in [1.807, 2.05) is 18.2 Å². The van der Waals surface area contributed by atoms with Crippen molar-refractivity contribution < 1.29 is 9.47 Å². The van der Waals surface area contributed by atoms with Gasteiger partial charge in [-0.2, -0.15) is 0 Å². The molecule has 3 aromatic carbocycles. The van der Waals surface area contributed by atoms with Gasteiger partial charge in [-0.1, -0.05) is 54.6 Å². The Bertz CT molecular complexity index is 987. The maximum Gasteiger partial charge on any atom is 0.123 e. The average molecular weight is 446 g/mol. The van der Waals surface area contributed by atoms with Gasteiger partial charge in [0.15, 0.2) is 0 Å². The van der Waals surface area contributed by atoms with Gasteiger partial charge in [-0.15, -0.1) is 0 Å². The summed E-state index contributed by atoms with van der Waals surface area (Å²) in [6, 6.07) is 27.7. The molecule has 174 valence electrons. The van der Waals surface area contributed by atoms with Crippen molar-refractivity contribution in [3.63, 3.8) is 0 Å². The van der Waals surface area contributed by atoms with Gasteiger partial charge in [0.05, 0.1) is 20.3 Å². The van der Waals surface area contributed by atoms with Crippen molar-refractivity contribution in [2.24, 2.45) is 0 Å². The molecule has 0 aliphatic carbocycles. The Hall–Kier alpha value is -3.02. The van der Waals surface area contributed by atoms with Gasteiger partial charge in [-0.25, -0.2) is 0 Å². The molecule has 1 unspecified atom stereocenters. The summed E-state index contributed by atoms with van der Waals surface area (Å²) in [7, 11) is 3.50. The van der Waals surface area contributed by atoms with Crippen LogP contribution in [0.3, 0.4) is 0 Å². The van der Waals surface area contributed by atoms with E-state index in [0.717, 1.165) is 57.2 Å². The van der Waals surface area contributed by atoms with E-state index in [1.165, 1.54) is 16.8 Å². The van der Waals surface area contributed by atoms with Crippen LogP contribution < -0.4 is 19.7 Å². The molecule has 1 saturated heterocycles. The zero-order chi connectivity index (χ0) is 22.9. The third-order valence-electron chi connectivity index (χ3n) is 6.48. The van der Waals surface area contributed by atoms with Crippen molar-refractivity contribution in [1.82, 2.24) is 10.2 Å². The molecule has 1 heterocycles. The Morgan fingerprint density at radius 2 is 1.39 bits per heavy atom. The average Bonchev–Trinajstić information content (AvgIpc) is 2.89. The number of benzene rings is 3. The Morgan fingerprint density at radius 3 is 2.12 bits per heavy atom. The van der Waals surface area contributed by atoms with Gasteiger partial charge >= 0.3 is 0 Å². The lowest BCUT2D eigenvalue weighted by molar-refractivity contribution is 0.179. The van der Waals surface area contributed by atoms with Gasteiger partial charge in [0.1, 0.15) is 11.5 Å².